The lowest BCUT2D eigenvalue weighted by molar-refractivity contribution is -0.121. The second-order valence-corrected chi connectivity index (χ2v) is 3.77. The Morgan fingerprint density at radius 2 is 2.00 bits per heavy atom. The molecule has 1 saturated heterocycles. The third-order valence-electron chi connectivity index (χ3n) is 2.86. The minimum absolute atomic E-state index is 0.308. The third kappa shape index (κ3) is 1.79. The summed E-state index contributed by atoms with van der Waals surface area (Å²) in [5, 5.41) is 0. The highest BCUT2D eigenvalue weighted by atomic mass is 16.1. The Morgan fingerprint density at radius 3 is 2.71 bits per heavy atom. The fourth-order valence-electron chi connectivity index (χ4n) is 2.11. The Bertz CT molecular complexity index is 296. The maximum Gasteiger partial charge on any atom is 0.210 e. The molecule has 0 bridgehead atoms. The van der Waals surface area contributed by atoms with Gasteiger partial charge in [0, 0.05) is 6.54 Å². The van der Waals surface area contributed by atoms with Crippen molar-refractivity contribution in [2.75, 3.05) is 6.54 Å². The van der Waals surface area contributed by atoms with Crippen molar-refractivity contribution in [3.8, 4) is 0 Å². The summed E-state index contributed by atoms with van der Waals surface area (Å²) in [6.07, 6.45) is 4.45. The fraction of sp³-hybridized carbons (Fsp3) is 0.417. The van der Waals surface area contributed by atoms with Gasteiger partial charge in [-0.05, 0) is 24.8 Å². The van der Waals surface area contributed by atoms with E-state index in [1.807, 2.05) is 23.1 Å². The molecule has 14 heavy (non-hydrogen) atoms. The van der Waals surface area contributed by atoms with E-state index in [0.717, 1.165) is 25.8 Å². The molecule has 0 unspecified atom stereocenters. The van der Waals surface area contributed by atoms with Crippen LogP contribution < -0.4 is 0 Å². The van der Waals surface area contributed by atoms with Crippen molar-refractivity contribution >= 4 is 6.41 Å². The maximum absolute atomic E-state index is 10.9. The molecule has 2 nitrogen and oxygen atoms in total. The van der Waals surface area contributed by atoms with Gasteiger partial charge in [-0.3, -0.25) is 4.79 Å². The molecule has 0 spiro atoms. The average molecular weight is 189 g/mol. The van der Waals surface area contributed by atoms with Crippen LogP contribution in [0.15, 0.2) is 30.3 Å². The lowest BCUT2D eigenvalue weighted by Crippen LogP contribution is -2.31. The van der Waals surface area contributed by atoms with Gasteiger partial charge in [-0.25, -0.2) is 0 Å². The van der Waals surface area contributed by atoms with E-state index in [-0.39, 0.29) is 0 Å². The summed E-state index contributed by atoms with van der Waals surface area (Å²) < 4.78 is 0. The van der Waals surface area contributed by atoms with Gasteiger partial charge in [0.15, 0.2) is 0 Å². The van der Waals surface area contributed by atoms with E-state index in [4.69, 9.17) is 0 Å². The first-order valence-electron chi connectivity index (χ1n) is 5.18. The van der Waals surface area contributed by atoms with Crippen molar-refractivity contribution < 1.29 is 4.79 Å². The molecule has 1 aromatic carbocycles. The predicted octanol–water partition coefficient (Wildman–Crippen LogP) is 2.37. The summed E-state index contributed by atoms with van der Waals surface area (Å²) in [4.78, 5) is 12.8. The first kappa shape index (κ1) is 9.25. The van der Waals surface area contributed by atoms with E-state index in [1.165, 1.54) is 12.0 Å². The van der Waals surface area contributed by atoms with Crippen LogP contribution in [0.25, 0.3) is 0 Å². The molecule has 0 radical (unpaired) electrons. The van der Waals surface area contributed by atoms with E-state index in [0.29, 0.717) is 6.04 Å². The molecule has 2 heteroatoms. The second-order valence-electron chi connectivity index (χ2n) is 3.77. The van der Waals surface area contributed by atoms with Crippen molar-refractivity contribution in [1.82, 2.24) is 4.90 Å². The summed E-state index contributed by atoms with van der Waals surface area (Å²) in [6.45, 7) is 0.906. The van der Waals surface area contributed by atoms with Crippen LogP contribution in [0, 0.1) is 0 Å². The van der Waals surface area contributed by atoms with Gasteiger partial charge in [-0.2, -0.15) is 0 Å². The number of nitrogens with zero attached hydrogens (tertiary/aromatic N) is 1. The van der Waals surface area contributed by atoms with Gasteiger partial charge in [0.25, 0.3) is 0 Å². The molecule has 0 aromatic heterocycles. The highest BCUT2D eigenvalue weighted by Gasteiger charge is 2.21. The van der Waals surface area contributed by atoms with Gasteiger partial charge < -0.3 is 4.90 Å². The average Bonchev–Trinajstić information content (AvgIpc) is 2.30. The minimum atomic E-state index is 0.308. The molecule has 74 valence electrons. The molecular weight excluding hydrogens is 174 g/mol. The first-order valence-corrected chi connectivity index (χ1v) is 5.18. The van der Waals surface area contributed by atoms with Gasteiger partial charge in [0.2, 0.25) is 6.41 Å². The van der Waals surface area contributed by atoms with Crippen molar-refractivity contribution in [3.05, 3.63) is 35.9 Å². The molecule has 1 heterocycles. The van der Waals surface area contributed by atoms with Gasteiger partial charge >= 0.3 is 0 Å². The molecule has 2 rings (SSSR count). The summed E-state index contributed by atoms with van der Waals surface area (Å²) in [7, 11) is 0. The monoisotopic (exact) mass is 189 g/mol. The molecule has 0 aliphatic carbocycles. The van der Waals surface area contributed by atoms with Gasteiger partial charge in [-0.15, -0.1) is 0 Å². The van der Waals surface area contributed by atoms with Gasteiger partial charge in [0.05, 0.1) is 6.04 Å². The number of amides is 1. The van der Waals surface area contributed by atoms with Crippen LogP contribution in [0.2, 0.25) is 0 Å². The molecule has 1 fully saturated rings. The quantitative estimate of drug-likeness (QED) is 0.654. The molecular formula is C12H15NO. The van der Waals surface area contributed by atoms with Crippen LogP contribution in [-0.4, -0.2) is 17.9 Å². The van der Waals surface area contributed by atoms with E-state index in [1.54, 1.807) is 0 Å². The Hall–Kier alpha value is -1.31. The number of hydrogen-bond donors (Lipinski definition) is 0. The number of carbonyl (C=O) groups is 1. The van der Waals surface area contributed by atoms with Crippen LogP contribution in [0.4, 0.5) is 0 Å². The number of hydrogen-bond acceptors (Lipinski definition) is 1. The summed E-state index contributed by atoms with van der Waals surface area (Å²) in [5.41, 5.74) is 1.26. The molecule has 1 atom stereocenters. The Kier molecular flexibility index (Phi) is 2.82. The summed E-state index contributed by atoms with van der Waals surface area (Å²) in [6, 6.07) is 10.6. The maximum atomic E-state index is 10.9. The number of likely N-dealkylation sites (tertiary alicyclic amines) is 1. The molecule has 1 aromatic rings. The fourth-order valence-corrected chi connectivity index (χ4v) is 2.11. The zero-order valence-electron chi connectivity index (χ0n) is 8.23. The molecule has 0 N–H and O–H groups in total. The molecule has 1 amide bonds. The van der Waals surface area contributed by atoms with Crippen LogP contribution >= 0.6 is 0 Å². The molecule has 1 aliphatic heterocycles. The highest BCUT2D eigenvalue weighted by molar-refractivity contribution is 5.49. The van der Waals surface area contributed by atoms with Crippen molar-refractivity contribution in [1.29, 1.82) is 0 Å². The predicted molar refractivity (Wildman–Crippen MR) is 55.8 cm³/mol. The number of piperidine rings is 1. The lowest BCUT2D eigenvalue weighted by Gasteiger charge is -2.32. The third-order valence-corrected chi connectivity index (χ3v) is 2.86. The lowest BCUT2D eigenvalue weighted by atomic mass is 9.96. The van der Waals surface area contributed by atoms with Crippen molar-refractivity contribution in [2.24, 2.45) is 0 Å². The largest absolute Gasteiger partial charge is 0.338 e. The first-order chi connectivity index (χ1) is 6.92. The zero-order chi connectivity index (χ0) is 9.80. The van der Waals surface area contributed by atoms with E-state index in [2.05, 4.69) is 12.1 Å². The van der Waals surface area contributed by atoms with E-state index < -0.39 is 0 Å². The smallest absolute Gasteiger partial charge is 0.210 e. The normalized spacial score (nSPS) is 22.0. The summed E-state index contributed by atoms with van der Waals surface area (Å²) >= 11 is 0. The minimum Gasteiger partial charge on any atom is -0.338 e. The molecule has 0 saturated carbocycles. The number of carbonyl (C=O) groups excluding carboxylic acids is 1. The topological polar surface area (TPSA) is 20.3 Å². The van der Waals surface area contributed by atoms with Crippen LogP contribution in [0.5, 0.6) is 0 Å². The Morgan fingerprint density at radius 1 is 1.21 bits per heavy atom. The standard InChI is InChI=1S/C12H15NO/c14-10-13-9-5-4-8-12(13)11-6-2-1-3-7-11/h1-3,6-7,10,12H,4-5,8-9H2/t12-/m1/s1. The van der Waals surface area contributed by atoms with Crippen molar-refractivity contribution in [3.63, 3.8) is 0 Å². The van der Waals surface area contributed by atoms with Gasteiger partial charge in [0.1, 0.15) is 0 Å². The van der Waals surface area contributed by atoms with Crippen molar-refractivity contribution in [2.45, 2.75) is 25.3 Å². The number of rotatable bonds is 2. The van der Waals surface area contributed by atoms with E-state index in [9.17, 15) is 4.79 Å². The van der Waals surface area contributed by atoms with Crippen LogP contribution in [-0.2, 0) is 4.79 Å². The number of benzene rings is 1. The van der Waals surface area contributed by atoms with E-state index >= 15 is 0 Å². The summed E-state index contributed by atoms with van der Waals surface area (Å²) in [5.74, 6) is 0. The zero-order valence-corrected chi connectivity index (χ0v) is 8.23. The highest BCUT2D eigenvalue weighted by Crippen LogP contribution is 2.29. The molecule has 1 aliphatic rings. The van der Waals surface area contributed by atoms with Crippen LogP contribution in [0.3, 0.4) is 0 Å². The Labute approximate surface area is 84.5 Å². The Balaban J connectivity index is 2.19. The SMILES string of the molecule is O=CN1CCCC[C@@H]1c1ccccc1. The second kappa shape index (κ2) is 4.27. The van der Waals surface area contributed by atoms with Crippen LogP contribution in [0.1, 0.15) is 30.9 Å². The van der Waals surface area contributed by atoms with Gasteiger partial charge in [-0.1, -0.05) is 30.3 Å².